The molecule has 11 nitrogen and oxygen atoms in total. The number of imidazole rings is 1. The van der Waals surface area contributed by atoms with Gasteiger partial charge in [-0.1, -0.05) is 0 Å². The molecule has 0 aliphatic heterocycles. The molecule has 1 N–H and O–H groups in total. The maximum atomic E-state index is 12.1. The van der Waals surface area contributed by atoms with Gasteiger partial charge in [-0.05, 0) is 12.1 Å². The third-order valence-corrected chi connectivity index (χ3v) is 4.96. The molecule has 2 aromatic rings. The smallest absolute Gasteiger partial charge is 0.372 e. The number of carboxylic acid groups (broad SMARTS) is 1. The molecule has 0 atom stereocenters. The Labute approximate surface area is 146 Å². The highest BCUT2D eigenvalue weighted by atomic mass is 32.2. The van der Waals surface area contributed by atoms with Gasteiger partial charge >= 0.3 is 11.9 Å². The van der Waals surface area contributed by atoms with E-state index in [9.17, 15) is 28.1 Å². The average molecular weight is 383 g/mol. The van der Waals surface area contributed by atoms with E-state index in [0.717, 1.165) is 35.0 Å². The number of aromatic nitrogens is 2. The van der Waals surface area contributed by atoms with Crippen molar-refractivity contribution in [3.05, 3.63) is 52.1 Å². The molecule has 0 unspecified atom stereocenters. The van der Waals surface area contributed by atoms with Gasteiger partial charge in [0.15, 0.2) is 15.5 Å². The Balaban J connectivity index is 1.99. The van der Waals surface area contributed by atoms with Crippen LogP contribution in [0.15, 0.2) is 35.4 Å². The molecule has 0 bridgehead atoms. The van der Waals surface area contributed by atoms with Crippen LogP contribution < -0.4 is 0 Å². The lowest BCUT2D eigenvalue weighted by Gasteiger charge is -2.05. The van der Waals surface area contributed by atoms with Crippen molar-refractivity contribution < 1.29 is 32.8 Å². The Kier molecular flexibility index (Phi) is 5.35. The highest BCUT2D eigenvalue weighted by Gasteiger charge is 2.20. The zero-order chi connectivity index (χ0) is 19.5. The van der Waals surface area contributed by atoms with Gasteiger partial charge in [0.2, 0.25) is 5.82 Å². The quantitative estimate of drug-likeness (QED) is 0.411. The molecule has 0 aliphatic carbocycles. The van der Waals surface area contributed by atoms with E-state index in [-0.39, 0.29) is 22.1 Å². The van der Waals surface area contributed by atoms with Gasteiger partial charge in [-0.15, -0.1) is 0 Å². The number of rotatable bonds is 7. The summed E-state index contributed by atoms with van der Waals surface area (Å²) < 4.78 is 30.2. The molecule has 0 radical (unpaired) electrons. The molecule has 0 aliphatic rings. The van der Waals surface area contributed by atoms with Gasteiger partial charge in [0, 0.05) is 25.4 Å². The van der Waals surface area contributed by atoms with E-state index in [1.54, 1.807) is 0 Å². The summed E-state index contributed by atoms with van der Waals surface area (Å²) in [5, 5.41) is 19.4. The molecule has 0 fully saturated rings. The second kappa shape index (κ2) is 7.31. The summed E-state index contributed by atoms with van der Waals surface area (Å²) in [6, 6.07) is 4.29. The number of nitro groups is 1. The lowest BCUT2D eigenvalue weighted by molar-refractivity contribution is -0.384. The summed E-state index contributed by atoms with van der Waals surface area (Å²) in [5.74, 6) is -3.20. The Hall–Kier alpha value is -3.28. The molecule has 0 saturated carbocycles. The topological polar surface area (TPSA) is 159 Å². The number of carbonyl (C=O) groups is 2. The molecule has 0 amide bonds. The Morgan fingerprint density at radius 2 is 1.92 bits per heavy atom. The van der Waals surface area contributed by atoms with E-state index in [1.807, 2.05) is 0 Å². The number of sulfone groups is 1. The molecule has 26 heavy (non-hydrogen) atoms. The third-order valence-electron chi connectivity index (χ3n) is 3.27. The minimum Gasteiger partial charge on any atom is -0.475 e. The van der Waals surface area contributed by atoms with Gasteiger partial charge in [0.1, 0.15) is 6.61 Å². The summed E-state index contributed by atoms with van der Waals surface area (Å²) in [6.07, 6.45) is 1.15. The zero-order valence-corrected chi connectivity index (χ0v) is 14.2. The van der Waals surface area contributed by atoms with Crippen LogP contribution in [0, 0.1) is 10.1 Å². The van der Waals surface area contributed by atoms with Crippen molar-refractivity contribution >= 4 is 27.5 Å². The van der Waals surface area contributed by atoms with Crippen LogP contribution in [-0.4, -0.2) is 52.3 Å². The lowest BCUT2D eigenvalue weighted by Crippen LogP contribution is -2.16. The molecule has 1 aromatic carbocycles. The Bertz CT molecular complexity index is 963. The van der Waals surface area contributed by atoms with Crippen molar-refractivity contribution in [2.24, 2.45) is 7.05 Å². The van der Waals surface area contributed by atoms with E-state index in [1.165, 1.54) is 7.05 Å². The van der Waals surface area contributed by atoms with Gasteiger partial charge in [-0.3, -0.25) is 10.1 Å². The fourth-order valence-corrected chi connectivity index (χ4v) is 3.06. The van der Waals surface area contributed by atoms with E-state index < -0.39 is 39.1 Å². The Morgan fingerprint density at radius 3 is 2.42 bits per heavy atom. The van der Waals surface area contributed by atoms with Crippen LogP contribution in [-0.2, 0) is 21.6 Å². The number of carbonyl (C=O) groups excluding carboxylic acids is 1. The fourth-order valence-electron chi connectivity index (χ4n) is 1.97. The molecular formula is C14H13N3O8S. The molecule has 2 rings (SSSR count). The maximum Gasteiger partial charge on any atom is 0.372 e. The third kappa shape index (κ3) is 4.22. The van der Waals surface area contributed by atoms with Crippen molar-refractivity contribution in [3.63, 3.8) is 0 Å². The molecule has 1 aromatic heterocycles. The van der Waals surface area contributed by atoms with Crippen LogP contribution in [0.5, 0.6) is 0 Å². The number of nitro benzene ring substituents is 1. The number of ether oxygens (including phenoxy) is 1. The fraction of sp³-hybridized carbons (Fsp3) is 0.214. The predicted octanol–water partition coefficient (Wildman–Crippen LogP) is 0.657. The first kappa shape index (κ1) is 19.1. The minimum atomic E-state index is -3.82. The average Bonchev–Trinajstić information content (AvgIpc) is 2.97. The molecule has 0 saturated heterocycles. The van der Waals surface area contributed by atoms with Crippen molar-refractivity contribution in [2.75, 3.05) is 12.4 Å². The predicted molar refractivity (Wildman–Crippen MR) is 85.6 cm³/mol. The number of hydrogen-bond donors (Lipinski definition) is 1. The Morgan fingerprint density at radius 1 is 1.31 bits per heavy atom. The second-order valence-electron chi connectivity index (χ2n) is 5.07. The normalized spacial score (nSPS) is 11.1. The molecule has 138 valence electrons. The van der Waals surface area contributed by atoms with E-state index >= 15 is 0 Å². The summed E-state index contributed by atoms with van der Waals surface area (Å²) in [5.41, 5.74) is -0.516. The first-order valence-corrected chi connectivity index (χ1v) is 8.68. The number of non-ortho nitro benzene ring substituents is 1. The van der Waals surface area contributed by atoms with Crippen molar-refractivity contribution in [3.8, 4) is 0 Å². The summed E-state index contributed by atoms with van der Waals surface area (Å²) >= 11 is 0. The van der Waals surface area contributed by atoms with Crippen LogP contribution in [0.1, 0.15) is 21.1 Å². The minimum absolute atomic E-state index is 0.148. The van der Waals surface area contributed by atoms with Crippen LogP contribution in [0.2, 0.25) is 0 Å². The molecule has 12 heteroatoms. The first-order chi connectivity index (χ1) is 12.1. The highest BCUT2D eigenvalue weighted by molar-refractivity contribution is 7.91. The van der Waals surface area contributed by atoms with Gasteiger partial charge in [-0.25, -0.2) is 23.0 Å². The summed E-state index contributed by atoms with van der Waals surface area (Å²) in [6.45, 7) is -0.489. The number of benzene rings is 1. The number of hydrogen-bond acceptors (Lipinski definition) is 8. The SMILES string of the molecule is Cn1cc(C(=O)OCCS(=O)(=O)c2ccc([N+](=O)[O-])cc2)nc1C(=O)O. The van der Waals surface area contributed by atoms with E-state index in [2.05, 4.69) is 4.98 Å². The van der Waals surface area contributed by atoms with E-state index in [0.29, 0.717) is 0 Å². The van der Waals surface area contributed by atoms with Crippen molar-refractivity contribution in [2.45, 2.75) is 4.90 Å². The lowest BCUT2D eigenvalue weighted by atomic mass is 10.3. The monoisotopic (exact) mass is 383 g/mol. The molecular weight excluding hydrogens is 370 g/mol. The largest absolute Gasteiger partial charge is 0.475 e. The van der Waals surface area contributed by atoms with Gasteiger partial charge in [0.25, 0.3) is 5.69 Å². The number of nitrogens with zero attached hydrogens (tertiary/aromatic N) is 3. The number of esters is 1. The van der Waals surface area contributed by atoms with Crippen LogP contribution in [0.3, 0.4) is 0 Å². The standard InChI is InChI=1S/C14H13N3O8S/c1-16-8-11(15-12(16)13(18)19)14(20)25-6-7-26(23,24)10-4-2-9(3-5-10)17(21)22/h2-5,8H,6-7H2,1H3,(H,18,19). The first-order valence-electron chi connectivity index (χ1n) is 7.03. The zero-order valence-electron chi connectivity index (χ0n) is 13.4. The van der Waals surface area contributed by atoms with Gasteiger partial charge < -0.3 is 14.4 Å². The number of carboxylic acids is 1. The number of aryl methyl sites for hydroxylation is 1. The number of aromatic carboxylic acids is 1. The van der Waals surface area contributed by atoms with Crippen LogP contribution in [0.25, 0.3) is 0 Å². The van der Waals surface area contributed by atoms with Crippen molar-refractivity contribution in [1.29, 1.82) is 0 Å². The van der Waals surface area contributed by atoms with Crippen molar-refractivity contribution in [1.82, 2.24) is 9.55 Å². The maximum absolute atomic E-state index is 12.1. The summed E-state index contributed by atoms with van der Waals surface area (Å²) in [7, 11) is -2.44. The van der Waals surface area contributed by atoms with E-state index in [4.69, 9.17) is 9.84 Å². The highest BCUT2D eigenvalue weighted by Crippen LogP contribution is 2.17. The molecule has 1 heterocycles. The second-order valence-corrected chi connectivity index (χ2v) is 7.18. The van der Waals surface area contributed by atoms with Crippen LogP contribution >= 0.6 is 0 Å². The molecule has 0 spiro atoms. The van der Waals surface area contributed by atoms with Gasteiger partial charge in [-0.2, -0.15) is 0 Å². The van der Waals surface area contributed by atoms with Crippen LogP contribution in [0.4, 0.5) is 5.69 Å². The van der Waals surface area contributed by atoms with Gasteiger partial charge in [0.05, 0.1) is 15.6 Å². The summed E-state index contributed by atoms with van der Waals surface area (Å²) in [4.78, 5) is 36.0.